The molecule has 0 radical (unpaired) electrons. The highest BCUT2D eigenvalue weighted by Gasteiger charge is 2.29. The van der Waals surface area contributed by atoms with Gasteiger partial charge in [0.05, 0.1) is 5.56 Å². The Morgan fingerprint density at radius 1 is 1.19 bits per heavy atom. The van der Waals surface area contributed by atoms with Crippen LogP contribution in [0.25, 0.3) is 0 Å². The van der Waals surface area contributed by atoms with E-state index in [9.17, 15) is 4.79 Å². The molecule has 2 saturated carbocycles. The van der Waals surface area contributed by atoms with E-state index in [4.69, 9.17) is 11.6 Å². The summed E-state index contributed by atoms with van der Waals surface area (Å²) in [4.78, 5) is 17.2. The molecule has 27 heavy (non-hydrogen) atoms. The molecule has 142 valence electrons. The molecule has 2 N–H and O–H groups in total. The fourth-order valence-corrected chi connectivity index (χ4v) is 4.01. The fourth-order valence-electron chi connectivity index (χ4n) is 3.83. The van der Waals surface area contributed by atoms with E-state index >= 15 is 0 Å². The van der Waals surface area contributed by atoms with Crippen LogP contribution in [-0.4, -0.2) is 17.4 Å². The summed E-state index contributed by atoms with van der Waals surface area (Å²) in [5.41, 5.74) is 3.78. The average molecular weight is 384 g/mol. The number of amides is 1. The third kappa shape index (κ3) is 4.44. The van der Waals surface area contributed by atoms with E-state index in [1.54, 1.807) is 6.20 Å². The summed E-state index contributed by atoms with van der Waals surface area (Å²) in [5.74, 6) is 1.88. The van der Waals surface area contributed by atoms with Gasteiger partial charge in [0.2, 0.25) is 0 Å². The third-order valence-electron chi connectivity index (χ3n) is 5.67. The Kier molecular flexibility index (Phi) is 5.35. The molecule has 2 aromatic rings. The molecule has 2 aliphatic rings. The minimum atomic E-state index is 0.0150. The zero-order valence-corrected chi connectivity index (χ0v) is 16.5. The van der Waals surface area contributed by atoms with Crippen molar-refractivity contribution in [2.75, 3.05) is 11.9 Å². The van der Waals surface area contributed by atoms with Gasteiger partial charge < -0.3 is 10.6 Å². The smallest absolute Gasteiger partial charge is 0.253 e. The van der Waals surface area contributed by atoms with Crippen molar-refractivity contribution >= 4 is 29.0 Å². The van der Waals surface area contributed by atoms with Crippen LogP contribution in [0, 0.1) is 12.8 Å². The van der Waals surface area contributed by atoms with E-state index in [1.807, 2.05) is 31.2 Å². The second kappa shape index (κ2) is 7.89. The Balaban J connectivity index is 1.49. The van der Waals surface area contributed by atoms with Gasteiger partial charge in [-0.1, -0.05) is 30.5 Å². The van der Waals surface area contributed by atoms with Crippen molar-refractivity contribution in [2.24, 2.45) is 5.92 Å². The highest BCUT2D eigenvalue weighted by atomic mass is 35.5. The zero-order valence-electron chi connectivity index (χ0n) is 15.7. The van der Waals surface area contributed by atoms with Crippen molar-refractivity contribution in [3.05, 3.63) is 52.2 Å². The molecule has 2 fully saturated rings. The van der Waals surface area contributed by atoms with E-state index < -0.39 is 0 Å². The summed E-state index contributed by atoms with van der Waals surface area (Å²) < 4.78 is 0. The van der Waals surface area contributed by atoms with Gasteiger partial charge in [0.25, 0.3) is 5.91 Å². The number of pyridine rings is 1. The van der Waals surface area contributed by atoms with Crippen LogP contribution in [0.5, 0.6) is 0 Å². The first-order valence-corrected chi connectivity index (χ1v) is 10.3. The number of nitrogens with one attached hydrogen (secondary N) is 2. The number of carbonyl (C=O) groups is 1. The van der Waals surface area contributed by atoms with Crippen molar-refractivity contribution in [1.82, 2.24) is 10.3 Å². The normalized spacial score (nSPS) is 17.1. The second-order valence-corrected chi connectivity index (χ2v) is 8.29. The van der Waals surface area contributed by atoms with Gasteiger partial charge in [-0.3, -0.25) is 4.79 Å². The van der Waals surface area contributed by atoms with Gasteiger partial charge in [0.15, 0.2) is 0 Å². The lowest BCUT2D eigenvalue weighted by atomic mass is 10.0. The van der Waals surface area contributed by atoms with Crippen molar-refractivity contribution in [3.63, 3.8) is 0 Å². The number of hydrogen-bond acceptors (Lipinski definition) is 3. The van der Waals surface area contributed by atoms with Crippen LogP contribution in [0.15, 0.2) is 30.5 Å². The average Bonchev–Trinajstić information content (AvgIpc) is 3.38. The largest absolute Gasteiger partial charge is 0.352 e. The summed E-state index contributed by atoms with van der Waals surface area (Å²) in [6.07, 6.45) is 9.05. The van der Waals surface area contributed by atoms with E-state index in [1.165, 1.54) is 25.7 Å². The standard InChI is InChI=1S/C22H26ClN3O/c1-14-6-9-17(10-20(14)23)26-21-11-18(16-7-8-16)19(13-24-21)22(27)25-12-15-4-2-3-5-15/h6,9-11,13,15-16H,2-5,7-8,12H2,1H3,(H,24,26)(H,25,27). The maximum absolute atomic E-state index is 12.7. The number of carbonyl (C=O) groups excluding carboxylic acids is 1. The van der Waals surface area contributed by atoms with Crippen molar-refractivity contribution < 1.29 is 4.79 Å². The maximum Gasteiger partial charge on any atom is 0.253 e. The number of halogens is 1. The van der Waals surface area contributed by atoms with Crippen LogP contribution in [-0.2, 0) is 0 Å². The lowest BCUT2D eigenvalue weighted by Gasteiger charge is -2.14. The highest BCUT2D eigenvalue weighted by Crippen LogP contribution is 2.42. The highest BCUT2D eigenvalue weighted by molar-refractivity contribution is 6.31. The topological polar surface area (TPSA) is 54.0 Å². The van der Waals surface area contributed by atoms with Crippen LogP contribution in [0.1, 0.15) is 65.9 Å². The quantitative estimate of drug-likeness (QED) is 0.684. The molecule has 0 spiro atoms. The first-order valence-electron chi connectivity index (χ1n) is 9.91. The minimum Gasteiger partial charge on any atom is -0.352 e. The van der Waals surface area contributed by atoms with Gasteiger partial charge in [0.1, 0.15) is 5.82 Å². The third-order valence-corrected chi connectivity index (χ3v) is 6.08. The summed E-state index contributed by atoms with van der Waals surface area (Å²) >= 11 is 6.21. The predicted molar refractivity (Wildman–Crippen MR) is 110 cm³/mol. The van der Waals surface area contributed by atoms with Gasteiger partial charge >= 0.3 is 0 Å². The molecule has 1 heterocycles. The van der Waals surface area contributed by atoms with Gasteiger partial charge in [-0.25, -0.2) is 4.98 Å². The van der Waals surface area contributed by atoms with E-state index in [0.29, 0.717) is 11.8 Å². The fraction of sp³-hybridized carbons (Fsp3) is 0.455. The number of aromatic nitrogens is 1. The molecule has 0 bridgehead atoms. The predicted octanol–water partition coefficient (Wildman–Crippen LogP) is 5.58. The van der Waals surface area contributed by atoms with Crippen molar-refractivity contribution in [2.45, 2.75) is 51.4 Å². The van der Waals surface area contributed by atoms with Crippen LogP contribution in [0.2, 0.25) is 5.02 Å². The molecule has 1 aromatic carbocycles. The summed E-state index contributed by atoms with van der Waals surface area (Å²) in [5, 5.41) is 7.17. The lowest BCUT2D eigenvalue weighted by molar-refractivity contribution is 0.0946. The second-order valence-electron chi connectivity index (χ2n) is 7.88. The Bertz CT molecular complexity index is 841. The zero-order chi connectivity index (χ0) is 18.8. The summed E-state index contributed by atoms with van der Waals surface area (Å²) in [7, 11) is 0. The van der Waals surface area contributed by atoms with Crippen LogP contribution in [0.3, 0.4) is 0 Å². The molecule has 1 aromatic heterocycles. The van der Waals surface area contributed by atoms with E-state index in [-0.39, 0.29) is 5.91 Å². The number of hydrogen-bond donors (Lipinski definition) is 2. The molecule has 0 atom stereocenters. The van der Waals surface area contributed by atoms with Crippen molar-refractivity contribution in [1.29, 1.82) is 0 Å². The molecule has 1 amide bonds. The van der Waals surface area contributed by atoms with Gasteiger partial charge in [0, 0.05) is 23.5 Å². The number of nitrogens with zero attached hydrogens (tertiary/aromatic N) is 1. The molecule has 0 saturated heterocycles. The summed E-state index contributed by atoms with van der Waals surface area (Å²) in [6.45, 7) is 2.76. The van der Waals surface area contributed by atoms with Gasteiger partial charge in [-0.2, -0.15) is 0 Å². The molecule has 4 nitrogen and oxygen atoms in total. The Labute approximate surface area is 165 Å². The summed E-state index contributed by atoms with van der Waals surface area (Å²) in [6, 6.07) is 7.90. The number of rotatable bonds is 6. The SMILES string of the molecule is Cc1ccc(Nc2cc(C3CC3)c(C(=O)NCC3CCCC3)cn2)cc1Cl. The molecular formula is C22H26ClN3O. The molecule has 4 rings (SSSR count). The molecular weight excluding hydrogens is 358 g/mol. The molecule has 5 heteroatoms. The maximum atomic E-state index is 12.7. The van der Waals surface area contributed by atoms with E-state index in [0.717, 1.165) is 52.6 Å². The van der Waals surface area contributed by atoms with E-state index in [2.05, 4.69) is 15.6 Å². The monoisotopic (exact) mass is 383 g/mol. The van der Waals surface area contributed by atoms with Crippen LogP contribution in [0.4, 0.5) is 11.5 Å². The first-order chi connectivity index (χ1) is 13.1. The Hall–Kier alpha value is -2.07. The number of anilines is 2. The van der Waals surface area contributed by atoms with Gasteiger partial charge in [-0.05, 0) is 73.8 Å². The molecule has 0 aliphatic heterocycles. The number of aryl methyl sites for hydroxylation is 1. The lowest BCUT2D eigenvalue weighted by Crippen LogP contribution is -2.29. The van der Waals surface area contributed by atoms with Gasteiger partial charge in [-0.15, -0.1) is 0 Å². The Morgan fingerprint density at radius 3 is 2.67 bits per heavy atom. The Morgan fingerprint density at radius 2 is 1.96 bits per heavy atom. The molecule has 2 aliphatic carbocycles. The molecule has 0 unspecified atom stereocenters. The van der Waals surface area contributed by atoms with Crippen LogP contribution < -0.4 is 10.6 Å². The van der Waals surface area contributed by atoms with Crippen molar-refractivity contribution in [3.8, 4) is 0 Å². The first kappa shape index (κ1) is 18.3. The number of benzene rings is 1. The van der Waals surface area contributed by atoms with Crippen LogP contribution >= 0.6 is 11.6 Å². The minimum absolute atomic E-state index is 0.0150.